The van der Waals surface area contributed by atoms with E-state index >= 15 is 0 Å². The summed E-state index contributed by atoms with van der Waals surface area (Å²) in [5.41, 5.74) is 0.369. The van der Waals surface area contributed by atoms with Gasteiger partial charge in [-0.3, -0.25) is 4.79 Å². The topological polar surface area (TPSA) is 57.6 Å². The first-order valence-corrected chi connectivity index (χ1v) is 6.64. The van der Waals surface area contributed by atoms with Crippen molar-refractivity contribution < 1.29 is 14.7 Å². The Kier molecular flexibility index (Phi) is 3.88. The molecule has 0 radical (unpaired) electrons. The van der Waals surface area contributed by atoms with Crippen molar-refractivity contribution in [3.8, 4) is 0 Å². The lowest BCUT2D eigenvalue weighted by molar-refractivity contribution is 0.0561. The lowest BCUT2D eigenvalue weighted by Gasteiger charge is -2.37. The van der Waals surface area contributed by atoms with Crippen LogP contribution in [0.1, 0.15) is 47.4 Å². The Bertz CT molecular complexity index is 498. The zero-order chi connectivity index (χ0) is 14.0. The highest BCUT2D eigenvalue weighted by Crippen LogP contribution is 2.24. The number of carboxylic acid groups (broad SMARTS) is 1. The first-order valence-electron chi connectivity index (χ1n) is 6.64. The molecule has 0 aromatic heterocycles. The Hall–Kier alpha value is -1.84. The second kappa shape index (κ2) is 5.43. The molecule has 2 atom stereocenters. The number of likely N-dealkylation sites (tertiary alicyclic amines) is 1. The Labute approximate surface area is 113 Å². The fourth-order valence-electron chi connectivity index (χ4n) is 2.58. The van der Waals surface area contributed by atoms with Gasteiger partial charge in [-0.05, 0) is 37.8 Å². The second-order valence-electron chi connectivity index (χ2n) is 5.34. The van der Waals surface area contributed by atoms with E-state index in [1.165, 1.54) is 6.07 Å². The van der Waals surface area contributed by atoms with Crippen LogP contribution in [0.25, 0.3) is 0 Å². The van der Waals surface area contributed by atoms with Crippen LogP contribution in [0.15, 0.2) is 24.3 Å². The predicted molar refractivity (Wildman–Crippen MR) is 72.3 cm³/mol. The van der Waals surface area contributed by atoms with Crippen LogP contribution in [0.4, 0.5) is 0 Å². The maximum Gasteiger partial charge on any atom is 0.336 e. The number of nitrogens with zero attached hydrogens (tertiary/aromatic N) is 1. The van der Waals surface area contributed by atoms with Gasteiger partial charge in [0.1, 0.15) is 0 Å². The SMILES string of the molecule is CC1CCC(C)N(C(=O)c2ccccc2C(=O)O)C1. The number of carboxylic acids is 1. The quantitative estimate of drug-likeness (QED) is 0.890. The molecule has 19 heavy (non-hydrogen) atoms. The first-order chi connectivity index (χ1) is 9.00. The molecule has 1 aliphatic heterocycles. The van der Waals surface area contributed by atoms with E-state index in [-0.39, 0.29) is 23.1 Å². The summed E-state index contributed by atoms with van der Waals surface area (Å²) in [6.45, 7) is 4.84. The van der Waals surface area contributed by atoms with Crippen LogP contribution < -0.4 is 0 Å². The van der Waals surface area contributed by atoms with Gasteiger partial charge in [-0.25, -0.2) is 4.79 Å². The van der Waals surface area contributed by atoms with E-state index in [1.807, 2.05) is 6.92 Å². The number of carbonyl (C=O) groups is 2. The van der Waals surface area contributed by atoms with E-state index in [0.717, 1.165) is 12.8 Å². The maximum absolute atomic E-state index is 12.5. The Morgan fingerprint density at radius 2 is 1.79 bits per heavy atom. The van der Waals surface area contributed by atoms with E-state index in [9.17, 15) is 9.59 Å². The van der Waals surface area contributed by atoms with Crippen molar-refractivity contribution in [1.29, 1.82) is 0 Å². The van der Waals surface area contributed by atoms with Crippen LogP contribution in [0.3, 0.4) is 0 Å². The van der Waals surface area contributed by atoms with Crippen molar-refractivity contribution in [2.45, 2.75) is 32.7 Å². The standard InChI is InChI=1S/C15H19NO3/c1-10-7-8-11(2)16(9-10)14(17)12-5-3-4-6-13(12)15(18)19/h3-6,10-11H,7-9H2,1-2H3,(H,18,19). The van der Waals surface area contributed by atoms with Gasteiger partial charge in [0.05, 0.1) is 11.1 Å². The third-order valence-corrected chi connectivity index (χ3v) is 3.77. The molecule has 2 unspecified atom stereocenters. The van der Waals surface area contributed by atoms with Crippen molar-refractivity contribution >= 4 is 11.9 Å². The summed E-state index contributed by atoms with van der Waals surface area (Å²) >= 11 is 0. The molecule has 4 nitrogen and oxygen atoms in total. The van der Waals surface area contributed by atoms with Crippen molar-refractivity contribution in [2.75, 3.05) is 6.54 Å². The van der Waals surface area contributed by atoms with E-state index in [0.29, 0.717) is 12.5 Å². The number of aromatic carboxylic acids is 1. The highest BCUT2D eigenvalue weighted by Gasteiger charge is 2.29. The molecule has 1 aromatic rings. The van der Waals surface area contributed by atoms with Gasteiger partial charge in [0.25, 0.3) is 5.91 Å². The van der Waals surface area contributed by atoms with Crippen LogP contribution in [0.2, 0.25) is 0 Å². The highest BCUT2D eigenvalue weighted by atomic mass is 16.4. The molecule has 1 fully saturated rings. The average Bonchev–Trinajstić information content (AvgIpc) is 2.40. The number of amides is 1. The third-order valence-electron chi connectivity index (χ3n) is 3.77. The van der Waals surface area contributed by atoms with E-state index in [4.69, 9.17) is 5.11 Å². The number of piperidine rings is 1. The molecule has 1 saturated heterocycles. The molecule has 1 N–H and O–H groups in total. The smallest absolute Gasteiger partial charge is 0.336 e. The lowest BCUT2D eigenvalue weighted by atomic mass is 9.93. The van der Waals surface area contributed by atoms with Crippen LogP contribution in [-0.4, -0.2) is 34.5 Å². The summed E-state index contributed by atoms with van der Waals surface area (Å²) in [5, 5.41) is 9.16. The predicted octanol–water partition coefficient (Wildman–Crippen LogP) is 2.65. The number of carbonyl (C=O) groups excluding carboxylic acids is 1. The largest absolute Gasteiger partial charge is 0.478 e. The first kappa shape index (κ1) is 13.6. The van der Waals surface area contributed by atoms with Crippen LogP contribution in [0.5, 0.6) is 0 Å². The van der Waals surface area contributed by atoms with Gasteiger partial charge in [0, 0.05) is 12.6 Å². The number of hydrogen-bond acceptors (Lipinski definition) is 2. The van der Waals surface area contributed by atoms with Gasteiger partial charge in [-0.1, -0.05) is 19.1 Å². The molecule has 0 bridgehead atoms. The summed E-state index contributed by atoms with van der Waals surface area (Å²) in [6, 6.07) is 6.59. The van der Waals surface area contributed by atoms with Gasteiger partial charge in [-0.15, -0.1) is 0 Å². The van der Waals surface area contributed by atoms with Gasteiger partial charge >= 0.3 is 5.97 Å². The molecule has 0 spiro atoms. The van der Waals surface area contributed by atoms with Gasteiger partial charge in [0.2, 0.25) is 0 Å². The molecule has 2 rings (SSSR count). The fraction of sp³-hybridized carbons (Fsp3) is 0.467. The van der Waals surface area contributed by atoms with Crippen molar-refractivity contribution in [2.24, 2.45) is 5.92 Å². The van der Waals surface area contributed by atoms with Crippen molar-refractivity contribution in [1.82, 2.24) is 4.90 Å². The van der Waals surface area contributed by atoms with E-state index in [2.05, 4.69) is 6.92 Å². The van der Waals surface area contributed by atoms with Crippen LogP contribution >= 0.6 is 0 Å². The summed E-state index contributed by atoms with van der Waals surface area (Å²) in [6.07, 6.45) is 2.09. The zero-order valence-corrected chi connectivity index (χ0v) is 11.3. The Morgan fingerprint density at radius 1 is 1.16 bits per heavy atom. The summed E-state index contributed by atoms with van der Waals surface area (Å²) in [5.74, 6) is -0.754. The zero-order valence-electron chi connectivity index (χ0n) is 11.3. The minimum Gasteiger partial charge on any atom is -0.478 e. The molecule has 1 aliphatic rings. The molecule has 0 aliphatic carbocycles. The Morgan fingerprint density at radius 3 is 2.42 bits per heavy atom. The normalized spacial score (nSPS) is 23.2. The molecular weight excluding hydrogens is 242 g/mol. The molecule has 102 valence electrons. The molecule has 1 heterocycles. The maximum atomic E-state index is 12.5. The van der Waals surface area contributed by atoms with Gasteiger partial charge < -0.3 is 10.0 Å². The average molecular weight is 261 g/mol. The molecular formula is C15H19NO3. The lowest BCUT2D eigenvalue weighted by Crippen LogP contribution is -2.45. The molecule has 1 aromatic carbocycles. The number of benzene rings is 1. The van der Waals surface area contributed by atoms with E-state index < -0.39 is 5.97 Å². The second-order valence-corrected chi connectivity index (χ2v) is 5.34. The molecule has 4 heteroatoms. The molecule has 1 amide bonds. The van der Waals surface area contributed by atoms with Crippen molar-refractivity contribution in [3.63, 3.8) is 0 Å². The minimum atomic E-state index is -1.05. The third kappa shape index (κ3) is 2.78. The van der Waals surface area contributed by atoms with E-state index in [1.54, 1.807) is 23.1 Å². The minimum absolute atomic E-state index is 0.0814. The number of rotatable bonds is 2. The monoisotopic (exact) mass is 261 g/mol. The summed E-state index contributed by atoms with van der Waals surface area (Å²) < 4.78 is 0. The van der Waals surface area contributed by atoms with Gasteiger partial charge in [-0.2, -0.15) is 0 Å². The molecule has 0 saturated carbocycles. The number of hydrogen-bond donors (Lipinski definition) is 1. The van der Waals surface area contributed by atoms with Crippen LogP contribution in [-0.2, 0) is 0 Å². The fourth-order valence-corrected chi connectivity index (χ4v) is 2.58. The highest BCUT2D eigenvalue weighted by molar-refractivity contribution is 6.04. The summed E-state index contributed by atoms with van der Waals surface area (Å²) in [4.78, 5) is 25.5. The van der Waals surface area contributed by atoms with Crippen molar-refractivity contribution in [3.05, 3.63) is 35.4 Å². The van der Waals surface area contributed by atoms with Crippen LogP contribution in [0, 0.1) is 5.92 Å². The Balaban J connectivity index is 2.31. The summed E-state index contributed by atoms with van der Waals surface area (Å²) in [7, 11) is 0. The van der Waals surface area contributed by atoms with Gasteiger partial charge in [0.15, 0.2) is 0 Å².